The highest BCUT2D eigenvalue weighted by atomic mass is 16.5. The van der Waals surface area contributed by atoms with Crippen molar-refractivity contribution in [3.63, 3.8) is 0 Å². The molecule has 0 saturated carbocycles. The number of rotatable bonds is 8. The van der Waals surface area contributed by atoms with E-state index in [0.29, 0.717) is 12.1 Å². The molecule has 1 saturated heterocycles. The van der Waals surface area contributed by atoms with Gasteiger partial charge in [-0.05, 0) is 68.2 Å². The number of likely N-dealkylation sites (tertiary alicyclic amines) is 1. The van der Waals surface area contributed by atoms with Gasteiger partial charge in [0.1, 0.15) is 5.75 Å². The fourth-order valence-electron chi connectivity index (χ4n) is 3.48. The molecule has 1 amide bonds. The molecule has 0 spiro atoms. The average molecular weight is 411 g/mol. The molecule has 1 atom stereocenters. The van der Waals surface area contributed by atoms with Gasteiger partial charge in [0, 0.05) is 13.1 Å². The molecule has 0 radical (unpaired) electrons. The molecule has 0 bridgehead atoms. The van der Waals surface area contributed by atoms with Gasteiger partial charge in [0.05, 0.1) is 12.7 Å². The number of carbonyl (C=O) groups is 2. The van der Waals surface area contributed by atoms with Crippen LogP contribution in [0.15, 0.2) is 48.5 Å². The molecule has 1 aliphatic rings. The number of hydrogen-bond acceptors (Lipinski definition) is 5. The predicted molar refractivity (Wildman–Crippen MR) is 115 cm³/mol. The second-order valence-corrected chi connectivity index (χ2v) is 7.65. The van der Waals surface area contributed by atoms with Gasteiger partial charge in [-0.1, -0.05) is 30.7 Å². The minimum absolute atomic E-state index is 0.333. The smallest absolute Gasteiger partial charge is 0.338 e. The molecule has 6 nitrogen and oxygen atoms in total. The third-order valence-electron chi connectivity index (χ3n) is 5.32. The first-order valence-corrected chi connectivity index (χ1v) is 10.5. The SMILES string of the molecule is COc1ccc(CNC(=O)[C@H](C)OC(=O)c2ccc(CN3CCCCC3)cc2)cc1. The van der Waals surface area contributed by atoms with E-state index in [4.69, 9.17) is 9.47 Å². The average Bonchev–Trinajstić information content (AvgIpc) is 2.79. The number of nitrogens with one attached hydrogen (secondary N) is 1. The molecule has 3 rings (SSSR count). The first-order valence-electron chi connectivity index (χ1n) is 10.5. The van der Waals surface area contributed by atoms with Gasteiger partial charge < -0.3 is 14.8 Å². The highest BCUT2D eigenvalue weighted by Gasteiger charge is 2.19. The first kappa shape index (κ1) is 21.8. The minimum Gasteiger partial charge on any atom is -0.497 e. The highest BCUT2D eigenvalue weighted by Crippen LogP contribution is 2.15. The van der Waals surface area contributed by atoms with Crippen LogP contribution in [-0.4, -0.2) is 43.1 Å². The molecule has 0 aliphatic carbocycles. The molecule has 1 fully saturated rings. The van der Waals surface area contributed by atoms with Gasteiger partial charge in [0.15, 0.2) is 6.10 Å². The van der Waals surface area contributed by atoms with Crippen LogP contribution in [-0.2, 0) is 22.6 Å². The van der Waals surface area contributed by atoms with E-state index in [2.05, 4.69) is 10.2 Å². The van der Waals surface area contributed by atoms with Crippen LogP contribution in [0.4, 0.5) is 0 Å². The van der Waals surface area contributed by atoms with E-state index in [1.54, 1.807) is 26.2 Å². The zero-order chi connectivity index (χ0) is 21.3. The summed E-state index contributed by atoms with van der Waals surface area (Å²) < 4.78 is 10.4. The Balaban J connectivity index is 1.45. The van der Waals surface area contributed by atoms with Crippen molar-refractivity contribution < 1.29 is 19.1 Å². The molecule has 2 aromatic carbocycles. The van der Waals surface area contributed by atoms with Crippen molar-refractivity contribution >= 4 is 11.9 Å². The Morgan fingerprint density at radius 1 is 0.967 bits per heavy atom. The monoisotopic (exact) mass is 410 g/mol. The Hall–Kier alpha value is -2.86. The van der Waals surface area contributed by atoms with Gasteiger partial charge in [-0.2, -0.15) is 0 Å². The summed E-state index contributed by atoms with van der Waals surface area (Å²) in [4.78, 5) is 27.1. The molecular weight excluding hydrogens is 380 g/mol. The quantitative estimate of drug-likeness (QED) is 0.674. The van der Waals surface area contributed by atoms with Crippen LogP contribution in [0.25, 0.3) is 0 Å². The summed E-state index contributed by atoms with van der Waals surface area (Å²) in [6.07, 6.45) is 2.95. The lowest BCUT2D eigenvalue weighted by atomic mass is 10.1. The molecule has 160 valence electrons. The molecule has 1 heterocycles. The Kier molecular flexibility index (Phi) is 7.85. The van der Waals surface area contributed by atoms with Crippen molar-refractivity contribution in [2.45, 2.75) is 45.4 Å². The zero-order valence-electron chi connectivity index (χ0n) is 17.7. The summed E-state index contributed by atoms with van der Waals surface area (Å²) in [6, 6.07) is 14.9. The summed E-state index contributed by atoms with van der Waals surface area (Å²) in [7, 11) is 1.61. The van der Waals surface area contributed by atoms with E-state index >= 15 is 0 Å². The zero-order valence-corrected chi connectivity index (χ0v) is 17.7. The summed E-state index contributed by atoms with van der Waals surface area (Å²) >= 11 is 0. The van der Waals surface area contributed by atoms with Crippen molar-refractivity contribution in [1.29, 1.82) is 0 Å². The van der Waals surface area contributed by atoms with E-state index in [1.165, 1.54) is 24.8 Å². The van der Waals surface area contributed by atoms with Crippen molar-refractivity contribution in [3.8, 4) is 5.75 Å². The largest absolute Gasteiger partial charge is 0.497 e. The number of piperidine rings is 1. The minimum atomic E-state index is -0.872. The summed E-state index contributed by atoms with van der Waals surface area (Å²) in [5, 5.41) is 2.79. The number of methoxy groups -OCH3 is 1. The maximum absolute atomic E-state index is 12.4. The lowest BCUT2D eigenvalue weighted by Crippen LogP contribution is -2.35. The Labute approximate surface area is 178 Å². The number of amides is 1. The van der Waals surface area contributed by atoms with Gasteiger partial charge in [-0.25, -0.2) is 4.79 Å². The Morgan fingerprint density at radius 2 is 1.60 bits per heavy atom. The van der Waals surface area contributed by atoms with Gasteiger partial charge in [0.2, 0.25) is 0 Å². The van der Waals surface area contributed by atoms with Gasteiger partial charge in [0.25, 0.3) is 5.91 Å². The number of carbonyl (C=O) groups excluding carboxylic acids is 2. The fourth-order valence-corrected chi connectivity index (χ4v) is 3.48. The second-order valence-electron chi connectivity index (χ2n) is 7.65. The van der Waals surface area contributed by atoms with Crippen LogP contribution < -0.4 is 10.1 Å². The van der Waals surface area contributed by atoms with E-state index in [-0.39, 0.29) is 5.91 Å². The van der Waals surface area contributed by atoms with Crippen molar-refractivity contribution in [3.05, 3.63) is 65.2 Å². The fraction of sp³-hybridized carbons (Fsp3) is 0.417. The molecule has 0 unspecified atom stereocenters. The third-order valence-corrected chi connectivity index (χ3v) is 5.32. The van der Waals surface area contributed by atoms with Gasteiger partial charge in [-0.3, -0.25) is 9.69 Å². The lowest BCUT2D eigenvalue weighted by Gasteiger charge is -2.26. The molecule has 30 heavy (non-hydrogen) atoms. The topological polar surface area (TPSA) is 67.9 Å². The van der Waals surface area contributed by atoms with E-state index in [0.717, 1.165) is 30.9 Å². The lowest BCUT2D eigenvalue weighted by molar-refractivity contribution is -0.129. The Bertz CT molecular complexity index is 827. The maximum atomic E-state index is 12.4. The standard InChI is InChI=1S/C24H30N2O4/c1-18(23(27)25-16-19-8-12-22(29-2)13-9-19)30-24(28)21-10-6-20(7-11-21)17-26-14-4-3-5-15-26/h6-13,18H,3-5,14-17H2,1-2H3,(H,25,27)/t18-/m0/s1. The van der Waals surface area contributed by atoms with Crippen LogP contribution in [0.1, 0.15) is 47.7 Å². The molecule has 0 aromatic heterocycles. The maximum Gasteiger partial charge on any atom is 0.338 e. The van der Waals surface area contributed by atoms with E-state index in [1.807, 2.05) is 36.4 Å². The first-order chi connectivity index (χ1) is 14.5. The number of benzene rings is 2. The van der Waals surface area contributed by atoms with Gasteiger partial charge >= 0.3 is 5.97 Å². The number of esters is 1. The van der Waals surface area contributed by atoms with Crippen LogP contribution in [0.2, 0.25) is 0 Å². The molecule has 1 N–H and O–H groups in total. The summed E-state index contributed by atoms with van der Waals surface area (Å²) in [5.74, 6) is -0.0678. The van der Waals surface area contributed by atoms with Gasteiger partial charge in [-0.15, -0.1) is 0 Å². The van der Waals surface area contributed by atoms with E-state index < -0.39 is 12.1 Å². The normalized spacial score (nSPS) is 15.3. The number of ether oxygens (including phenoxy) is 2. The highest BCUT2D eigenvalue weighted by molar-refractivity contribution is 5.92. The predicted octanol–water partition coefficient (Wildman–Crippen LogP) is 3.54. The molecule has 1 aliphatic heterocycles. The number of nitrogens with zero attached hydrogens (tertiary/aromatic N) is 1. The van der Waals surface area contributed by atoms with Crippen LogP contribution in [0.5, 0.6) is 5.75 Å². The summed E-state index contributed by atoms with van der Waals surface area (Å²) in [5.41, 5.74) is 2.57. The molecular formula is C24H30N2O4. The van der Waals surface area contributed by atoms with E-state index in [9.17, 15) is 9.59 Å². The second kappa shape index (κ2) is 10.8. The van der Waals surface area contributed by atoms with Crippen molar-refractivity contribution in [2.75, 3.05) is 20.2 Å². The Morgan fingerprint density at radius 3 is 2.23 bits per heavy atom. The van der Waals surface area contributed by atoms with Crippen molar-refractivity contribution in [2.24, 2.45) is 0 Å². The molecule has 6 heteroatoms. The van der Waals surface area contributed by atoms with Crippen LogP contribution in [0.3, 0.4) is 0 Å². The van der Waals surface area contributed by atoms with Crippen molar-refractivity contribution in [1.82, 2.24) is 10.2 Å². The third kappa shape index (κ3) is 6.32. The van der Waals surface area contributed by atoms with Crippen LogP contribution >= 0.6 is 0 Å². The number of hydrogen-bond donors (Lipinski definition) is 1. The molecule has 2 aromatic rings. The summed E-state index contributed by atoms with van der Waals surface area (Å²) in [6.45, 7) is 5.10. The van der Waals surface area contributed by atoms with Crippen LogP contribution in [0, 0.1) is 0 Å².